The van der Waals surface area contributed by atoms with Gasteiger partial charge in [-0.2, -0.15) is 0 Å². The number of rotatable bonds is 1. The predicted octanol–water partition coefficient (Wildman–Crippen LogP) is -3.06. The summed E-state index contributed by atoms with van der Waals surface area (Å²) >= 11 is 0. The summed E-state index contributed by atoms with van der Waals surface area (Å²) in [5.74, 6) is 1.04. The van der Waals surface area contributed by atoms with E-state index in [0.717, 1.165) is 5.92 Å². The van der Waals surface area contributed by atoms with Gasteiger partial charge in [0, 0.05) is 12.3 Å². The standard InChI is InChI=1S/C7H15N.FH/c1-3-7-4-5-8(2)6-7;/h7H,3-6H2,1-2H3;1H. The van der Waals surface area contributed by atoms with Crippen molar-refractivity contribution in [2.45, 2.75) is 19.8 Å². The third-order valence-electron chi connectivity index (χ3n) is 2.19. The molecule has 1 aliphatic heterocycles. The number of halogens is 1. The third-order valence-corrected chi connectivity index (χ3v) is 2.19. The molecule has 1 nitrogen and oxygen atoms in total. The lowest BCUT2D eigenvalue weighted by molar-refractivity contribution is -0.867. The van der Waals surface area contributed by atoms with Gasteiger partial charge in [-0.05, 0) is 6.42 Å². The van der Waals surface area contributed by atoms with E-state index < -0.39 is 0 Å². The maximum absolute atomic E-state index is 2.29. The first-order valence-electron chi connectivity index (χ1n) is 3.64. The van der Waals surface area contributed by atoms with E-state index >= 15 is 0 Å². The lowest BCUT2D eigenvalue weighted by Gasteiger charge is -2.03. The number of hydrogen-bond donors (Lipinski definition) is 1. The summed E-state index contributed by atoms with van der Waals surface area (Å²) in [6, 6.07) is 0. The van der Waals surface area contributed by atoms with Gasteiger partial charge in [-0.3, -0.25) is 0 Å². The summed E-state index contributed by atoms with van der Waals surface area (Å²) in [5, 5.41) is 0. The number of nitrogens with one attached hydrogen (secondary N) is 1. The highest BCUT2D eigenvalue weighted by molar-refractivity contribution is 4.58. The Labute approximate surface area is 56.4 Å². The second kappa shape index (κ2) is 3.83. The van der Waals surface area contributed by atoms with Crippen LogP contribution in [0.1, 0.15) is 19.8 Å². The van der Waals surface area contributed by atoms with Crippen LogP contribution in [0, 0.1) is 5.92 Å². The van der Waals surface area contributed by atoms with Crippen LogP contribution in [-0.2, 0) is 0 Å². The quantitative estimate of drug-likeness (QED) is 0.387. The van der Waals surface area contributed by atoms with Gasteiger partial charge in [-0.1, -0.05) is 6.92 Å². The Morgan fingerprint density at radius 3 is 2.44 bits per heavy atom. The van der Waals surface area contributed by atoms with E-state index in [9.17, 15) is 0 Å². The van der Waals surface area contributed by atoms with E-state index in [1.54, 1.807) is 4.90 Å². The van der Waals surface area contributed by atoms with Crippen molar-refractivity contribution in [1.82, 2.24) is 0 Å². The number of quaternary nitrogens is 1. The van der Waals surface area contributed by atoms with Gasteiger partial charge in [0.1, 0.15) is 0 Å². The molecule has 0 aromatic carbocycles. The number of likely N-dealkylation sites (tertiary alicyclic amines) is 1. The smallest absolute Gasteiger partial charge is 0.0799 e. The lowest BCUT2D eigenvalue weighted by Crippen LogP contribution is -3.07. The average Bonchev–Trinajstić information content (AvgIpc) is 2.14. The lowest BCUT2D eigenvalue weighted by atomic mass is 10.1. The van der Waals surface area contributed by atoms with Gasteiger partial charge in [0.05, 0.1) is 20.1 Å². The molecule has 2 atom stereocenters. The zero-order valence-electron chi connectivity index (χ0n) is 6.28. The molecular formula is C7H16FN. The Kier molecular flexibility index (Phi) is 3.78. The highest BCUT2D eigenvalue weighted by Crippen LogP contribution is 2.06. The minimum atomic E-state index is 0. The largest absolute Gasteiger partial charge is 1.00 e. The van der Waals surface area contributed by atoms with Gasteiger partial charge in [-0.15, -0.1) is 0 Å². The van der Waals surface area contributed by atoms with Crippen LogP contribution >= 0.6 is 0 Å². The van der Waals surface area contributed by atoms with Gasteiger partial charge in [0.15, 0.2) is 0 Å². The fourth-order valence-corrected chi connectivity index (χ4v) is 1.50. The summed E-state index contributed by atoms with van der Waals surface area (Å²) in [4.78, 5) is 1.72. The van der Waals surface area contributed by atoms with Gasteiger partial charge >= 0.3 is 0 Å². The first-order valence-corrected chi connectivity index (χ1v) is 3.64. The molecule has 2 heteroatoms. The fourth-order valence-electron chi connectivity index (χ4n) is 1.50. The molecule has 0 radical (unpaired) electrons. The molecule has 9 heavy (non-hydrogen) atoms. The summed E-state index contributed by atoms with van der Waals surface area (Å²) in [6.07, 6.45) is 2.85. The molecule has 1 saturated heterocycles. The Morgan fingerprint density at radius 2 is 2.22 bits per heavy atom. The molecule has 0 aromatic heterocycles. The van der Waals surface area contributed by atoms with E-state index in [-0.39, 0.29) is 4.70 Å². The zero-order chi connectivity index (χ0) is 5.98. The molecule has 56 valence electrons. The molecule has 1 N–H and O–H groups in total. The summed E-state index contributed by atoms with van der Waals surface area (Å²) in [5.41, 5.74) is 0. The van der Waals surface area contributed by atoms with Crippen molar-refractivity contribution >= 4 is 0 Å². The highest BCUT2D eigenvalue weighted by atomic mass is 19.0. The van der Waals surface area contributed by atoms with Crippen LogP contribution in [0.4, 0.5) is 0 Å². The summed E-state index contributed by atoms with van der Waals surface area (Å²) < 4.78 is 0. The molecule has 1 fully saturated rings. The molecule has 0 spiro atoms. The molecule has 1 aliphatic rings. The van der Waals surface area contributed by atoms with E-state index in [4.69, 9.17) is 0 Å². The minimum absolute atomic E-state index is 0. The van der Waals surface area contributed by atoms with Crippen molar-refractivity contribution < 1.29 is 9.60 Å². The molecule has 0 amide bonds. The van der Waals surface area contributed by atoms with E-state index in [1.165, 1.54) is 25.9 Å². The predicted molar refractivity (Wildman–Crippen MR) is 35.0 cm³/mol. The normalized spacial score (nSPS) is 34.0. The monoisotopic (exact) mass is 133 g/mol. The molecule has 1 heterocycles. The minimum Gasteiger partial charge on any atom is -1.00 e. The van der Waals surface area contributed by atoms with Gasteiger partial charge in [-0.25, -0.2) is 0 Å². The first-order chi connectivity index (χ1) is 3.83. The van der Waals surface area contributed by atoms with E-state index in [2.05, 4.69) is 14.0 Å². The summed E-state index contributed by atoms with van der Waals surface area (Å²) in [6.45, 7) is 5.11. The van der Waals surface area contributed by atoms with Crippen molar-refractivity contribution in [2.24, 2.45) is 5.92 Å². The van der Waals surface area contributed by atoms with Crippen LogP contribution in [0.25, 0.3) is 0 Å². The topological polar surface area (TPSA) is 4.44 Å². The van der Waals surface area contributed by atoms with Crippen molar-refractivity contribution in [3.63, 3.8) is 0 Å². The number of hydrogen-bond acceptors (Lipinski definition) is 0. The van der Waals surface area contributed by atoms with Crippen LogP contribution in [0.15, 0.2) is 0 Å². The van der Waals surface area contributed by atoms with Crippen LogP contribution in [0.2, 0.25) is 0 Å². The second-order valence-corrected chi connectivity index (χ2v) is 2.97. The van der Waals surface area contributed by atoms with Crippen LogP contribution < -0.4 is 9.60 Å². The molecule has 1 rings (SSSR count). The van der Waals surface area contributed by atoms with E-state index in [1.807, 2.05) is 0 Å². The fraction of sp³-hybridized carbons (Fsp3) is 1.00. The van der Waals surface area contributed by atoms with Gasteiger partial charge in [0.2, 0.25) is 0 Å². The molecule has 0 aromatic rings. The van der Waals surface area contributed by atoms with E-state index in [0.29, 0.717) is 0 Å². The van der Waals surface area contributed by atoms with Crippen molar-refractivity contribution in [3.05, 3.63) is 0 Å². The zero-order valence-corrected chi connectivity index (χ0v) is 6.28. The summed E-state index contributed by atoms with van der Waals surface area (Å²) in [7, 11) is 2.29. The highest BCUT2D eigenvalue weighted by Gasteiger charge is 2.20. The van der Waals surface area contributed by atoms with Crippen molar-refractivity contribution in [2.75, 3.05) is 20.1 Å². The SMILES string of the molecule is CCC1CC[NH+](C)C1.[F-]. The molecule has 0 aliphatic carbocycles. The maximum Gasteiger partial charge on any atom is 0.0799 e. The Morgan fingerprint density at radius 1 is 1.56 bits per heavy atom. The van der Waals surface area contributed by atoms with Crippen molar-refractivity contribution in [3.8, 4) is 0 Å². The molecule has 0 bridgehead atoms. The molecule has 0 saturated carbocycles. The molecule has 2 unspecified atom stereocenters. The first kappa shape index (κ1) is 8.89. The van der Waals surface area contributed by atoms with Crippen LogP contribution in [0.3, 0.4) is 0 Å². The second-order valence-electron chi connectivity index (χ2n) is 2.97. The molecular weight excluding hydrogens is 117 g/mol. The Hall–Kier alpha value is -0.110. The third kappa shape index (κ3) is 2.31. The maximum atomic E-state index is 2.29. The van der Waals surface area contributed by atoms with Crippen LogP contribution in [0.5, 0.6) is 0 Å². The van der Waals surface area contributed by atoms with Crippen LogP contribution in [-0.4, -0.2) is 20.1 Å². The van der Waals surface area contributed by atoms with Gasteiger partial charge < -0.3 is 9.60 Å². The average molecular weight is 133 g/mol. The van der Waals surface area contributed by atoms with Crippen molar-refractivity contribution in [1.29, 1.82) is 0 Å². The Balaban J connectivity index is 0.000000640. The Bertz CT molecular complexity index is 75.3. The van der Waals surface area contributed by atoms with Gasteiger partial charge in [0.25, 0.3) is 0 Å².